The molecule has 0 N–H and O–H groups in total. The summed E-state index contributed by atoms with van der Waals surface area (Å²) in [5.41, 5.74) is 3.05. The number of nitrogens with zero attached hydrogens (tertiary/aromatic N) is 2. The zero-order chi connectivity index (χ0) is 29.8. The van der Waals surface area contributed by atoms with Crippen molar-refractivity contribution in [3.05, 3.63) is 124 Å². The highest BCUT2D eigenvalue weighted by Crippen LogP contribution is 2.38. The topological polar surface area (TPSA) is 79.1 Å². The van der Waals surface area contributed by atoms with E-state index in [0.717, 1.165) is 16.7 Å². The Morgan fingerprint density at radius 1 is 1.07 bits per heavy atom. The van der Waals surface area contributed by atoms with Gasteiger partial charge in [-0.1, -0.05) is 65.4 Å². The zero-order valence-electron chi connectivity index (χ0n) is 23.2. The van der Waals surface area contributed by atoms with Crippen LogP contribution in [0.4, 0.5) is 0 Å². The Bertz CT molecular complexity index is 1830. The van der Waals surface area contributed by atoms with Crippen LogP contribution in [0, 0.1) is 0 Å². The van der Waals surface area contributed by atoms with Gasteiger partial charge in [-0.3, -0.25) is 9.36 Å². The van der Waals surface area contributed by atoms with Crippen molar-refractivity contribution < 1.29 is 19.0 Å². The molecule has 0 radical (unpaired) electrons. The van der Waals surface area contributed by atoms with E-state index in [4.69, 9.17) is 25.8 Å². The molecule has 0 saturated carbocycles. The van der Waals surface area contributed by atoms with Crippen LogP contribution in [-0.2, 0) is 16.1 Å². The number of hydrogen-bond donors (Lipinski definition) is 0. The van der Waals surface area contributed by atoms with E-state index in [1.807, 2.05) is 61.5 Å². The summed E-state index contributed by atoms with van der Waals surface area (Å²) in [5, 5.41) is 0.552. The number of halogens is 2. The molecule has 0 fully saturated rings. The first-order valence-corrected chi connectivity index (χ1v) is 15.4. The van der Waals surface area contributed by atoms with Gasteiger partial charge in [0.15, 0.2) is 16.3 Å². The van der Waals surface area contributed by atoms with E-state index in [1.165, 1.54) is 11.3 Å². The highest BCUT2D eigenvalue weighted by molar-refractivity contribution is 9.10. The van der Waals surface area contributed by atoms with Gasteiger partial charge in [0.05, 0.1) is 39.5 Å². The van der Waals surface area contributed by atoms with E-state index in [0.29, 0.717) is 54.8 Å². The average molecular weight is 668 g/mol. The van der Waals surface area contributed by atoms with E-state index < -0.39 is 12.0 Å². The molecule has 3 aromatic carbocycles. The third kappa shape index (κ3) is 6.23. The lowest BCUT2D eigenvalue weighted by molar-refractivity contribution is -0.139. The molecule has 1 aliphatic rings. The summed E-state index contributed by atoms with van der Waals surface area (Å²) in [6.07, 6.45) is 1.79. The quantitative estimate of drug-likeness (QED) is 0.199. The van der Waals surface area contributed by atoms with Crippen LogP contribution in [-0.4, -0.2) is 23.8 Å². The number of aromatic nitrogens is 1. The van der Waals surface area contributed by atoms with Gasteiger partial charge in [-0.05, 0) is 83.7 Å². The molecule has 1 aromatic heterocycles. The molecule has 0 saturated heterocycles. The van der Waals surface area contributed by atoms with Crippen LogP contribution in [0.15, 0.2) is 92.3 Å². The number of thiazole rings is 1. The first-order valence-electron chi connectivity index (χ1n) is 13.4. The van der Waals surface area contributed by atoms with E-state index in [2.05, 4.69) is 20.9 Å². The lowest BCUT2D eigenvalue weighted by atomic mass is 9.96. The van der Waals surface area contributed by atoms with Crippen LogP contribution in [0.3, 0.4) is 0 Å². The van der Waals surface area contributed by atoms with Crippen molar-refractivity contribution in [1.29, 1.82) is 0 Å². The van der Waals surface area contributed by atoms with Crippen molar-refractivity contribution in [3.63, 3.8) is 0 Å². The van der Waals surface area contributed by atoms with Gasteiger partial charge in [0.2, 0.25) is 0 Å². The minimum Gasteiger partial charge on any atom is -0.490 e. The molecule has 5 rings (SSSR count). The number of allylic oxidation sites excluding steroid dienone is 1. The number of hydrogen-bond acceptors (Lipinski definition) is 7. The summed E-state index contributed by atoms with van der Waals surface area (Å²) < 4.78 is 20.1. The fourth-order valence-electron chi connectivity index (χ4n) is 4.71. The van der Waals surface area contributed by atoms with E-state index in [-0.39, 0.29) is 12.2 Å². The second-order valence-corrected chi connectivity index (χ2v) is 11.7. The predicted octanol–water partition coefficient (Wildman–Crippen LogP) is 6.19. The van der Waals surface area contributed by atoms with Gasteiger partial charge in [0.1, 0.15) is 6.61 Å². The summed E-state index contributed by atoms with van der Waals surface area (Å²) in [6.45, 7) is 6.43. The Balaban J connectivity index is 1.59. The van der Waals surface area contributed by atoms with Crippen molar-refractivity contribution in [3.8, 4) is 11.5 Å². The zero-order valence-corrected chi connectivity index (χ0v) is 26.4. The molecule has 2 heterocycles. The van der Waals surface area contributed by atoms with E-state index in [1.54, 1.807) is 36.6 Å². The van der Waals surface area contributed by atoms with Crippen molar-refractivity contribution >= 4 is 50.9 Å². The van der Waals surface area contributed by atoms with Crippen LogP contribution < -0.4 is 24.4 Å². The smallest absolute Gasteiger partial charge is 0.338 e. The Kier molecular flexibility index (Phi) is 9.30. The molecule has 7 nitrogen and oxygen atoms in total. The molecular weight excluding hydrogens is 640 g/mol. The monoisotopic (exact) mass is 666 g/mol. The van der Waals surface area contributed by atoms with Gasteiger partial charge in [-0.15, -0.1) is 0 Å². The Hall–Kier alpha value is -3.66. The van der Waals surface area contributed by atoms with Crippen LogP contribution >= 0.6 is 38.9 Å². The number of carbonyl (C=O) groups is 1. The van der Waals surface area contributed by atoms with Gasteiger partial charge in [0.25, 0.3) is 5.56 Å². The second kappa shape index (κ2) is 13.1. The molecule has 1 aliphatic heterocycles. The first kappa shape index (κ1) is 29.8. The summed E-state index contributed by atoms with van der Waals surface area (Å²) in [5.74, 6) is 0.627. The molecular formula is C32H28BrClN2O5S. The lowest BCUT2D eigenvalue weighted by Gasteiger charge is -2.24. The standard InChI is InChI=1S/C32H28BrClN2O5S/c1-4-39-25-16-21(15-24(33)29(25)41-18-20-9-7-6-8-10-20)17-26-30(37)36-28(22-11-13-23(34)14-12-22)27(31(38)40-5-2)19(3)35-32(36)42-26/h6-17,28H,4-5,18H2,1-3H3/b26-17-/t28-/m1/s1. The highest BCUT2D eigenvalue weighted by atomic mass is 79.9. The lowest BCUT2D eigenvalue weighted by Crippen LogP contribution is -2.39. The largest absolute Gasteiger partial charge is 0.490 e. The van der Waals surface area contributed by atoms with Crippen molar-refractivity contribution in [1.82, 2.24) is 4.57 Å². The third-order valence-electron chi connectivity index (χ3n) is 6.56. The molecule has 216 valence electrons. The summed E-state index contributed by atoms with van der Waals surface area (Å²) in [6, 6.07) is 20.0. The number of carbonyl (C=O) groups excluding carboxylic acids is 1. The fraction of sp³-hybridized carbons (Fsp3) is 0.219. The van der Waals surface area contributed by atoms with Gasteiger partial charge in [0, 0.05) is 5.02 Å². The molecule has 0 spiro atoms. The summed E-state index contributed by atoms with van der Waals surface area (Å²) in [4.78, 5) is 32.1. The normalized spacial score (nSPS) is 14.8. The molecule has 10 heteroatoms. The molecule has 1 atom stereocenters. The molecule has 0 bridgehead atoms. The van der Waals surface area contributed by atoms with Gasteiger partial charge < -0.3 is 14.2 Å². The predicted molar refractivity (Wildman–Crippen MR) is 168 cm³/mol. The second-order valence-electron chi connectivity index (χ2n) is 9.39. The summed E-state index contributed by atoms with van der Waals surface area (Å²) >= 11 is 11.0. The molecule has 42 heavy (non-hydrogen) atoms. The number of esters is 1. The Labute approximate surface area is 260 Å². The average Bonchev–Trinajstić information content (AvgIpc) is 3.27. The van der Waals surface area contributed by atoms with Crippen LogP contribution in [0.1, 0.15) is 43.5 Å². The maximum Gasteiger partial charge on any atom is 0.338 e. The van der Waals surface area contributed by atoms with Crippen molar-refractivity contribution in [2.24, 2.45) is 4.99 Å². The Morgan fingerprint density at radius 3 is 2.50 bits per heavy atom. The van der Waals surface area contributed by atoms with E-state index in [9.17, 15) is 9.59 Å². The van der Waals surface area contributed by atoms with Crippen LogP contribution in [0.5, 0.6) is 11.5 Å². The van der Waals surface area contributed by atoms with Gasteiger partial charge >= 0.3 is 5.97 Å². The first-order chi connectivity index (χ1) is 20.3. The maximum atomic E-state index is 13.9. The van der Waals surface area contributed by atoms with Crippen LogP contribution in [0.25, 0.3) is 6.08 Å². The summed E-state index contributed by atoms with van der Waals surface area (Å²) in [7, 11) is 0. The number of ether oxygens (including phenoxy) is 3. The van der Waals surface area contributed by atoms with Crippen molar-refractivity contribution in [2.45, 2.75) is 33.4 Å². The molecule has 0 aliphatic carbocycles. The molecule has 0 unspecified atom stereocenters. The SMILES string of the molecule is CCOC(=O)C1=C(C)N=c2s/c(=C\c3cc(Br)c(OCc4ccccc4)c(OCC)c3)c(=O)n2[C@@H]1c1ccc(Cl)cc1. The number of benzene rings is 3. The van der Waals surface area contributed by atoms with Gasteiger partial charge in [-0.2, -0.15) is 0 Å². The maximum absolute atomic E-state index is 13.9. The fourth-order valence-corrected chi connectivity index (χ4v) is 6.45. The van der Waals surface area contributed by atoms with Crippen molar-refractivity contribution in [2.75, 3.05) is 13.2 Å². The number of rotatable bonds is 9. The third-order valence-corrected chi connectivity index (χ3v) is 8.38. The molecule has 4 aromatic rings. The van der Waals surface area contributed by atoms with E-state index >= 15 is 0 Å². The highest BCUT2D eigenvalue weighted by Gasteiger charge is 2.33. The van der Waals surface area contributed by atoms with Gasteiger partial charge in [-0.25, -0.2) is 9.79 Å². The number of fused-ring (bicyclic) bond motifs is 1. The van der Waals surface area contributed by atoms with Crippen LogP contribution in [0.2, 0.25) is 5.02 Å². The minimum absolute atomic E-state index is 0.204. The minimum atomic E-state index is -0.709. The molecule has 0 amide bonds. The Morgan fingerprint density at radius 2 is 1.81 bits per heavy atom.